The maximum Gasteiger partial charge on any atom is 0.410 e. The number of hydrogen-bond acceptors (Lipinski definition) is 5. The topological polar surface area (TPSA) is 88.2 Å². The van der Waals surface area contributed by atoms with Gasteiger partial charge in [-0.05, 0) is 64.7 Å². The van der Waals surface area contributed by atoms with Gasteiger partial charge in [0.1, 0.15) is 17.2 Å². The minimum Gasteiger partial charge on any atom is -0.482 e. The SMILES string of the molecule is CC(C)(C)OC(=O)N1CCCC(C(=O)NC2CCCN(C(=O)COc3ccc(F)cc3Cl)C2)C1. The zero-order valence-electron chi connectivity index (χ0n) is 19.9. The van der Waals surface area contributed by atoms with Crippen LogP contribution in [-0.2, 0) is 14.3 Å². The maximum absolute atomic E-state index is 13.2. The average molecular weight is 498 g/mol. The van der Waals surface area contributed by atoms with E-state index in [1.165, 1.54) is 12.1 Å². The van der Waals surface area contributed by atoms with Crippen molar-refractivity contribution in [2.24, 2.45) is 5.92 Å². The first-order valence-electron chi connectivity index (χ1n) is 11.7. The van der Waals surface area contributed by atoms with Crippen LogP contribution in [-0.4, -0.2) is 72.1 Å². The summed E-state index contributed by atoms with van der Waals surface area (Å²) in [5.74, 6) is -0.887. The zero-order chi connectivity index (χ0) is 24.9. The number of benzene rings is 1. The predicted molar refractivity (Wildman–Crippen MR) is 125 cm³/mol. The summed E-state index contributed by atoms with van der Waals surface area (Å²) in [6.45, 7) is 7.07. The van der Waals surface area contributed by atoms with Crippen molar-refractivity contribution in [1.29, 1.82) is 0 Å². The first kappa shape index (κ1) is 26.1. The average Bonchev–Trinajstić information content (AvgIpc) is 2.77. The Morgan fingerprint density at radius 2 is 1.82 bits per heavy atom. The van der Waals surface area contributed by atoms with Gasteiger partial charge in [-0.15, -0.1) is 0 Å². The monoisotopic (exact) mass is 497 g/mol. The molecule has 3 amide bonds. The van der Waals surface area contributed by atoms with Crippen molar-refractivity contribution >= 4 is 29.5 Å². The highest BCUT2D eigenvalue weighted by molar-refractivity contribution is 6.32. The molecule has 2 heterocycles. The van der Waals surface area contributed by atoms with Gasteiger partial charge in [0, 0.05) is 32.2 Å². The third kappa shape index (κ3) is 7.48. The first-order chi connectivity index (χ1) is 16.0. The number of ether oxygens (including phenoxy) is 2. The van der Waals surface area contributed by atoms with E-state index in [2.05, 4.69) is 5.32 Å². The molecule has 2 aliphatic heterocycles. The fourth-order valence-corrected chi connectivity index (χ4v) is 4.37. The molecule has 2 aliphatic rings. The van der Waals surface area contributed by atoms with Crippen LogP contribution in [0.15, 0.2) is 18.2 Å². The van der Waals surface area contributed by atoms with Crippen molar-refractivity contribution in [2.45, 2.75) is 58.1 Å². The van der Waals surface area contributed by atoms with Crippen LogP contribution in [0.25, 0.3) is 0 Å². The minimum atomic E-state index is -0.587. The molecule has 10 heteroatoms. The van der Waals surface area contributed by atoms with E-state index in [1.54, 1.807) is 9.80 Å². The summed E-state index contributed by atoms with van der Waals surface area (Å²) in [5.41, 5.74) is -0.587. The van der Waals surface area contributed by atoms with E-state index < -0.39 is 17.5 Å². The first-order valence-corrected chi connectivity index (χ1v) is 12.0. The molecule has 1 aromatic rings. The van der Waals surface area contributed by atoms with Crippen molar-refractivity contribution in [2.75, 3.05) is 32.8 Å². The van der Waals surface area contributed by atoms with Gasteiger partial charge in [-0.1, -0.05) is 11.6 Å². The van der Waals surface area contributed by atoms with E-state index in [9.17, 15) is 18.8 Å². The van der Waals surface area contributed by atoms with Gasteiger partial charge in [0.2, 0.25) is 5.91 Å². The van der Waals surface area contributed by atoms with Gasteiger partial charge < -0.3 is 24.6 Å². The molecule has 2 atom stereocenters. The Balaban J connectivity index is 1.48. The molecule has 2 fully saturated rings. The van der Waals surface area contributed by atoms with E-state index in [1.807, 2.05) is 20.8 Å². The smallest absolute Gasteiger partial charge is 0.410 e. The summed E-state index contributed by atoms with van der Waals surface area (Å²) in [6, 6.07) is 3.56. The highest BCUT2D eigenvalue weighted by Crippen LogP contribution is 2.25. The van der Waals surface area contributed by atoms with Gasteiger partial charge in [-0.25, -0.2) is 9.18 Å². The lowest BCUT2D eigenvalue weighted by molar-refractivity contribution is -0.136. The molecule has 0 bridgehead atoms. The van der Waals surface area contributed by atoms with Crippen molar-refractivity contribution in [3.8, 4) is 5.75 Å². The molecule has 1 aromatic carbocycles. The van der Waals surface area contributed by atoms with Gasteiger partial charge in [-0.3, -0.25) is 9.59 Å². The second kappa shape index (κ2) is 11.3. The molecule has 0 spiro atoms. The van der Waals surface area contributed by atoms with Crippen LogP contribution in [0, 0.1) is 11.7 Å². The molecule has 1 N–H and O–H groups in total. The Labute approximate surface area is 204 Å². The largest absolute Gasteiger partial charge is 0.482 e. The standard InChI is InChI=1S/C24H33ClFN3O5/c1-24(2,3)34-23(32)29-11-4-6-16(13-29)22(31)27-18-7-5-10-28(14-18)21(30)15-33-20-9-8-17(26)12-19(20)25/h8-9,12,16,18H,4-7,10-11,13-15H2,1-3H3,(H,27,31). The third-order valence-electron chi connectivity index (χ3n) is 5.81. The van der Waals surface area contributed by atoms with Gasteiger partial charge in [0.05, 0.1) is 10.9 Å². The van der Waals surface area contributed by atoms with Crippen molar-refractivity contribution < 1.29 is 28.2 Å². The molecule has 2 unspecified atom stereocenters. The van der Waals surface area contributed by atoms with Gasteiger partial charge in [-0.2, -0.15) is 0 Å². The quantitative estimate of drug-likeness (QED) is 0.671. The van der Waals surface area contributed by atoms with Crippen molar-refractivity contribution in [3.63, 3.8) is 0 Å². The number of rotatable bonds is 5. The normalized spacial score (nSPS) is 21.1. The van der Waals surface area contributed by atoms with Crippen LogP contribution in [0.5, 0.6) is 5.75 Å². The number of amides is 3. The number of halogens is 2. The van der Waals surface area contributed by atoms with E-state index in [0.29, 0.717) is 32.6 Å². The summed E-state index contributed by atoms with van der Waals surface area (Å²) in [6.07, 6.45) is 2.55. The fourth-order valence-electron chi connectivity index (χ4n) is 4.15. The molecular formula is C24H33ClFN3O5. The summed E-state index contributed by atoms with van der Waals surface area (Å²) < 4.78 is 24.1. The lowest BCUT2D eigenvalue weighted by atomic mass is 9.96. The Hall–Kier alpha value is -2.55. The van der Waals surface area contributed by atoms with Crippen molar-refractivity contribution in [3.05, 3.63) is 29.0 Å². The van der Waals surface area contributed by atoms with Gasteiger partial charge >= 0.3 is 6.09 Å². The molecule has 3 rings (SSSR count). The zero-order valence-corrected chi connectivity index (χ0v) is 20.7. The van der Waals surface area contributed by atoms with Gasteiger partial charge in [0.25, 0.3) is 5.91 Å². The number of piperidine rings is 2. The lowest BCUT2D eigenvalue weighted by Gasteiger charge is -2.36. The summed E-state index contributed by atoms with van der Waals surface area (Å²) in [4.78, 5) is 41.2. The molecule has 0 aliphatic carbocycles. The minimum absolute atomic E-state index is 0.101. The summed E-state index contributed by atoms with van der Waals surface area (Å²) >= 11 is 5.94. The Kier molecular flexibility index (Phi) is 8.62. The van der Waals surface area contributed by atoms with Crippen LogP contribution in [0.3, 0.4) is 0 Å². The molecule has 0 aromatic heterocycles. The molecular weight excluding hydrogens is 465 g/mol. The Morgan fingerprint density at radius 3 is 2.53 bits per heavy atom. The Bertz CT molecular complexity index is 907. The molecule has 2 saturated heterocycles. The second-order valence-electron chi connectivity index (χ2n) is 9.82. The highest BCUT2D eigenvalue weighted by atomic mass is 35.5. The number of carbonyl (C=O) groups excluding carboxylic acids is 3. The van der Waals surface area contributed by atoms with Crippen LogP contribution < -0.4 is 10.1 Å². The van der Waals surface area contributed by atoms with E-state index in [0.717, 1.165) is 25.3 Å². The van der Waals surface area contributed by atoms with E-state index in [-0.39, 0.29) is 41.2 Å². The number of likely N-dealkylation sites (tertiary alicyclic amines) is 2. The van der Waals surface area contributed by atoms with Crippen LogP contribution >= 0.6 is 11.6 Å². The van der Waals surface area contributed by atoms with Gasteiger partial charge in [0.15, 0.2) is 6.61 Å². The number of nitrogens with one attached hydrogen (secondary N) is 1. The van der Waals surface area contributed by atoms with Crippen LogP contribution in [0.2, 0.25) is 5.02 Å². The van der Waals surface area contributed by atoms with E-state index >= 15 is 0 Å². The van der Waals surface area contributed by atoms with Crippen molar-refractivity contribution in [1.82, 2.24) is 15.1 Å². The van der Waals surface area contributed by atoms with Crippen LogP contribution in [0.1, 0.15) is 46.5 Å². The lowest BCUT2D eigenvalue weighted by Crippen LogP contribution is -2.53. The number of nitrogens with zero attached hydrogens (tertiary/aromatic N) is 2. The van der Waals surface area contributed by atoms with E-state index in [4.69, 9.17) is 21.1 Å². The molecule has 0 radical (unpaired) electrons. The summed E-state index contributed by atoms with van der Waals surface area (Å²) in [7, 11) is 0. The molecule has 34 heavy (non-hydrogen) atoms. The van der Waals surface area contributed by atoms with Crippen LogP contribution in [0.4, 0.5) is 9.18 Å². The maximum atomic E-state index is 13.2. The number of carbonyl (C=O) groups is 3. The molecule has 188 valence electrons. The molecule has 8 nitrogen and oxygen atoms in total. The second-order valence-corrected chi connectivity index (χ2v) is 10.2. The predicted octanol–water partition coefficient (Wildman–Crippen LogP) is 3.61. The Morgan fingerprint density at radius 1 is 1.12 bits per heavy atom. The number of hydrogen-bond donors (Lipinski definition) is 1. The highest BCUT2D eigenvalue weighted by Gasteiger charge is 2.33. The summed E-state index contributed by atoms with van der Waals surface area (Å²) in [5, 5.41) is 3.16. The fraction of sp³-hybridized carbons (Fsp3) is 0.625. The third-order valence-corrected chi connectivity index (χ3v) is 6.10. The molecule has 0 saturated carbocycles.